The van der Waals surface area contributed by atoms with Crippen molar-refractivity contribution in [3.8, 4) is 5.88 Å². The van der Waals surface area contributed by atoms with E-state index in [-0.39, 0.29) is 24.5 Å². The molecule has 5 fully saturated rings. The van der Waals surface area contributed by atoms with Gasteiger partial charge < -0.3 is 25.0 Å². The van der Waals surface area contributed by atoms with Gasteiger partial charge in [0.2, 0.25) is 27.7 Å². The van der Waals surface area contributed by atoms with Gasteiger partial charge in [-0.1, -0.05) is 50.1 Å². The molecular weight excluding hydrogens is 761 g/mol. The second-order valence-corrected chi connectivity index (χ2v) is 20.3. The number of rotatable bonds is 3. The number of amides is 4. The molecule has 0 radical (unpaired) electrons. The maximum Gasteiger partial charge on any atom is 0.408 e. The molecule has 1 aromatic carbocycles. The Bertz CT molecular complexity index is 2190. The van der Waals surface area contributed by atoms with Gasteiger partial charge in [-0.2, -0.15) is 0 Å². The van der Waals surface area contributed by atoms with Crippen LogP contribution in [0, 0.1) is 17.3 Å². The van der Waals surface area contributed by atoms with Crippen molar-refractivity contribution in [3.05, 3.63) is 54.3 Å². The Balaban J connectivity index is 1.07. The molecule has 3 aliphatic heterocycles. The zero-order valence-corrected chi connectivity index (χ0v) is 34.0. The van der Waals surface area contributed by atoms with Crippen molar-refractivity contribution >= 4 is 44.9 Å². The third-order valence-corrected chi connectivity index (χ3v) is 16.4. The molecule has 4 heterocycles. The number of hydrogen-bond acceptors (Lipinski definition) is 10. The summed E-state index contributed by atoms with van der Waals surface area (Å²) in [7, 11) is -4.04. The van der Waals surface area contributed by atoms with E-state index in [9.17, 15) is 27.6 Å². The highest BCUT2D eigenvalue weighted by molar-refractivity contribution is 7.91. The van der Waals surface area contributed by atoms with Crippen LogP contribution in [0.4, 0.5) is 4.79 Å². The van der Waals surface area contributed by atoms with Crippen LogP contribution in [0.25, 0.3) is 11.0 Å². The number of benzene rings is 1. The smallest absolute Gasteiger partial charge is 0.408 e. The Morgan fingerprint density at radius 3 is 2.53 bits per heavy atom. The van der Waals surface area contributed by atoms with Gasteiger partial charge in [0.05, 0.1) is 22.3 Å². The van der Waals surface area contributed by atoms with Crippen molar-refractivity contribution in [1.82, 2.24) is 30.2 Å². The fourth-order valence-electron chi connectivity index (χ4n) is 10.2. The molecule has 2 unspecified atom stereocenters. The highest BCUT2D eigenvalue weighted by atomic mass is 32.2. The minimum atomic E-state index is -4.04. The van der Waals surface area contributed by atoms with Gasteiger partial charge in [0, 0.05) is 17.8 Å². The second-order valence-electron chi connectivity index (χ2n) is 18.1. The van der Waals surface area contributed by atoms with E-state index in [0.29, 0.717) is 67.1 Å². The maximum atomic E-state index is 14.8. The first kappa shape index (κ1) is 39.0. The molecule has 3 N–H and O–H groups in total. The average Bonchev–Trinajstić information content (AvgIpc) is 4.11. The topological polar surface area (TPSA) is 186 Å². The average molecular weight is 815 g/mol. The molecule has 9 rings (SSSR count). The van der Waals surface area contributed by atoms with Crippen molar-refractivity contribution in [3.63, 3.8) is 0 Å². The molecule has 8 atom stereocenters. The summed E-state index contributed by atoms with van der Waals surface area (Å²) in [4.78, 5) is 68.6. The normalized spacial score (nSPS) is 35.4. The van der Waals surface area contributed by atoms with Crippen molar-refractivity contribution < 1.29 is 37.1 Å². The van der Waals surface area contributed by atoms with Gasteiger partial charge in [-0.3, -0.25) is 19.1 Å². The molecule has 310 valence electrons. The molecule has 1 spiro atoms. The van der Waals surface area contributed by atoms with Crippen LogP contribution in [-0.4, -0.2) is 88.2 Å². The SMILES string of the molecule is C=C1[C@H]2/C=C\CCCCC[C@@H]3NC(=O)O[C@@H]4CCCC45CC5CCCCc4nc5ccccc5nc4O[C@@H]4C[C@@H](C(=O)N[C@]12C(=O)NS(=O)(=O)C1(C)CC1)N(C4)C3=O. The van der Waals surface area contributed by atoms with Crippen LogP contribution < -0.4 is 20.1 Å². The number of hydrogen-bond donors (Lipinski definition) is 3. The molecule has 4 aliphatic carbocycles. The number of carbonyl (C=O) groups is 4. The van der Waals surface area contributed by atoms with Gasteiger partial charge in [-0.05, 0) is 108 Å². The van der Waals surface area contributed by atoms with Crippen molar-refractivity contribution in [2.24, 2.45) is 17.3 Å². The van der Waals surface area contributed by atoms with E-state index in [4.69, 9.17) is 19.4 Å². The van der Waals surface area contributed by atoms with Crippen LogP contribution in [0.2, 0.25) is 0 Å². The van der Waals surface area contributed by atoms with Crippen LogP contribution in [0.3, 0.4) is 0 Å². The summed E-state index contributed by atoms with van der Waals surface area (Å²) >= 11 is 0. The molecule has 1 aromatic heterocycles. The van der Waals surface area contributed by atoms with E-state index >= 15 is 0 Å². The lowest BCUT2D eigenvalue weighted by Gasteiger charge is -2.30. The monoisotopic (exact) mass is 814 g/mol. The Labute approximate surface area is 339 Å². The van der Waals surface area contributed by atoms with Gasteiger partial charge in [0.1, 0.15) is 30.0 Å². The van der Waals surface area contributed by atoms with Crippen LogP contribution >= 0.6 is 0 Å². The number of para-hydroxylation sites is 2. The minimum Gasteiger partial charge on any atom is -0.471 e. The number of aryl methyl sites for hydroxylation is 1. The Morgan fingerprint density at radius 2 is 1.74 bits per heavy atom. The molecule has 4 saturated carbocycles. The van der Waals surface area contributed by atoms with Crippen LogP contribution in [-0.2, 0) is 35.6 Å². The van der Waals surface area contributed by atoms with Crippen molar-refractivity contribution in [1.29, 1.82) is 0 Å². The molecule has 4 amide bonds. The summed E-state index contributed by atoms with van der Waals surface area (Å²) in [6, 6.07) is 5.48. The standard InChI is InChI=1S/C43H54N6O8S/c1-26-29-14-6-4-3-5-7-18-33-38(51)49-25-28(23-34(49)36(50)47-43(26,29)39(52)48-58(54,55)41(2)21-22-41)56-37-32(44-30-15-10-11-16-31(30)45-37)17-9-8-13-27-24-42(27)20-12-19-35(42)57-40(53)46-33/h6,10-11,14-16,27-29,33-35H,1,3-5,7-9,12-13,17-25H2,2H3,(H,46,53)(H,47,50)(H,48,52)/b14-6-/t27?,28-,29-,33+,34+,35-,42?,43-/m1/s1. The lowest BCUT2D eigenvalue weighted by Crippen LogP contribution is -2.59. The van der Waals surface area contributed by atoms with Crippen LogP contribution in [0.1, 0.15) is 109 Å². The highest BCUT2D eigenvalue weighted by Gasteiger charge is 2.67. The molecule has 58 heavy (non-hydrogen) atoms. The summed E-state index contributed by atoms with van der Waals surface area (Å²) in [5.41, 5.74) is 0.730. The number of allylic oxidation sites excluding steroid dienone is 1. The van der Waals surface area contributed by atoms with Gasteiger partial charge in [-0.25, -0.2) is 23.2 Å². The fourth-order valence-corrected chi connectivity index (χ4v) is 11.5. The minimum absolute atomic E-state index is 0.00171. The van der Waals surface area contributed by atoms with Crippen molar-refractivity contribution in [2.75, 3.05) is 6.54 Å². The highest BCUT2D eigenvalue weighted by Crippen LogP contribution is 2.65. The van der Waals surface area contributed by atoms with E-state index in [1.807, 2.05) is 36.4 Å². The molecular formula is C43H54N6O8S. The summed E-state index contributed by atoms with van der Waals surface area (Å²) in [6.07, 6.45) is 13.6. The van der Waals surface area contributed by atoms with Gasteiger partial charge >= 0.3 is 6.09 Å². The summed E-state index contributed by atoms with van der Waals surface area (Å²) in [6.45, 7) is 5.71. The zero-order chi connectivity index (χ0) is 40.5. The molecule has 1 saturated heterocycles. The number of sulfonamides is 1. The number of nitrogens with one attached hydrogen (secondary N) is 3. The first-order chi connectivity index (χ1) is 27.8. The summed E-state index contributed by atoms with van der Waals surface area (Å²) in [5.74, 6) is -1.80. The number of fused-ring (bicyclic) bond motifs is 5. The third-order valence-electron chi connectivity index (χ3n) is 14.3. The van der Waals surface area contributed by atoms with E-state index < -0.39 is 68.2 Å². The maximum absolute atomic E-state index is 14.8. The molecule has 15 heteroatoms. The largest absolute Gasteiger partial charge is 0.471 e. The first-order valence-corrected chi connectivity index (χ1v) is 22.8. The van der Waals surface area contributed by atoms with E-state index in [2.05, 4.69) is 21.9 Å². The van der Waals surface area contributed by atoms with Crippen LogP contribution in [0.15, 0.2) is 48.6 Å². The molecule has 2 aromatic rings. The molecule has 3 bridgehead atoms. The fraction of sp³-hybridized carbons (Fsp3) is 0.628. The quantitative estimate of drug-likeness (QED) is 0.360. The number of alkyl carbamates (subject to hydrolysis) is 1. The van der Waals surface area contributed by atoms with Gasteiger partial charge in [0.25, 0.3) is 5.91 Å². The van der Waals surface area contributed by atoms with Gasteiger partial charge in [-0.15, -0.1) is 0 Å². The summed E-state index contributed by atoms with van der Waals surface area (Å²) < 4.78 is 40.6. The summed E-state index contributed by atoms with van der Waals surface area (Å²) in [5, 5.41) is 5.81. The molecule has 7 aliphatic rings. The Hall–Kier alpha value is -4.53. The first-order valence-electron chi connectivity index (χ1n) is 21.3. The van der Waals surface area contributed by atoms with Gasteiger partial charge in [0.15, 0.2) is 5.54 Å². The Morgan fingerprint density at radius 1 is 0.966 bits per heavy atom. The predicted octanol–water partition coefficient (Wildman–Crippen LogP) is 4.92. The predicted molar refractivity (Wildman–Crippen MR) is 214 cm³/mol. The van der Waals surface area contributed by atoms with E-state index in [1.54, 1.807) is 6.92 Å². The Kier molecular flexibility index (Phi) is 9.83. The second kappa shape index (κ2) is 14.6. The third kappa shape index (κ3) is 6.94. The number of aromatic nitrogens is 2. The van der Waals surface area contributed by atoms with Crippen molar-refractivity contribution in [2.45, 2.75) is 144 Å². The number of nitrogens with zero attached hydrogens (tertiary/aromatic N) is 3. The zero-order valence-electron chi connectivity index (χ0n) is 33.2. The number of carbonyl (C=O) groups excluding carboxylic acids is 4. The lowest BCUT2D eigenvalue weighted by atomic mass is 9.96. The van der Waals surface area contributed by atoms with Crippen LogP contribution in [0.5, 0.6) is 5.88 Å². The van der Waals surface area contributed by atoms with E-state index in [1.165, 1.54) is 4.90 Å². The molecule has 14 nitrogen and oxygen atoms in total. The number of ether oxygens (including phenoxy) is 2. The van der Waals surface area contributed by atoms with E-state index in [0.717, 1.165) is 63.3 Å². The lowest BCUT2D eigenvalue weighted by molar-refractivity contribution is -0.141.